The summed E-state index contributed by atoms with van der Waals surface area (Å²) >= 11 is 0. The van der Waals surface area contributed by atoms with Gasteiger partial charge in [-0.2, -0.15) is 0 Å². The lowest BCUT2D eigenvalue weighted by atomic mass is 9.92. The zero-order valence-corrected chi connectivity index (χ0v) is 21.3. The Balaban J connectivity index is 1.54. The number of aryl methyl sites for hydroxylation is 2. The Morgan fingerprint density at radius 1 is 1.18 bits per heavy atom. The average Bonchev–Trinajstić information content (AvgIpc) is 3.22. The van der Waals surface area contributed by atoms with Crippen LogP contribution in [0.25, 0.3) is 33.4 Å². The number of benzene rings is 2. The van der Waals surface area contributed by atoms with Gasteiger partial charge in [0.25, 0.3) is 0 Å². The van der Waals surface area contributed by atoms with E-state index in [0.717, 1.165) is 39.0 Å². The summed E-state index contributed by atoms with van der Waals surface area (Å²) in [6.45, 7) is 5.90. The molecule has 6 rings (SSSR count). The van der Waals surface area contributed by atoms with Gasteiger partial charge in [-0.3, -0.25) is 4.79 Å². The van der Waals surface area contributed by atoms with E-state index in [4.69, 9.17) is 4.74 Å². The average molecular weight is 522 g/mol. The molecule has 0 saturated carbocycles. The van der Waals surface area contributed by atoms with Gasteiger partial charge < -0.3 is 19.9 Å². The molecule has 0 bridgehead atoms. The number of rotatable bonds is 5. The second kappa shape index (κ2) is 9.64. The molecule has 2 N–H and O–H groups in total. The SMILES string of the molecule is C=CC(=O)Nc1ccc(-c2c3c4c(ncnc4n2C)NCCc2cc(Oc4nccc(C)n4)c(F)cc2-3)cc1. The van der Waals surface area contributed by atoms with Crippen LogP contribution in [-0.2, 0) is 18.3 Å². The molecular formula is C29H24FN7O2. The van der Waals surface area contributed by atoms with Gasteiger partial charge in [0, 0.05) is 36.7 Å². The highest BCUT2D eigenvalue weighted by Crippen LogP contribution is 2.45. The lowest BCUT2D eigenvalue weighted by molar-refractivity contribution is -0.111. The molecule has 5 aromatic rings. The molecular weight excluding hydrogens is 497 g/mol. The topological polar surface area (TPSA) is 107 Å². The summed E-state index contributed by atoms with van der Waals surface area (Å²) in [4.78, 5) is 29.1. The van der Waals surface area contributed by atoms with Crippen LogP contribution in [0.3, 0.4) is 0 Å². The maximum atomic E-state index is 15.6. The van der Waals surface area contributed by atoms with Crippen LogP contribution >= 0.6 is 0 Å². The van der Waals surface area contributed by atoms with Gasteiger partial charge in [-0.1, -0.05) is 18.7 Å². The molecule has 1 aliphatic rings. The van der Waals surface area contributed by atoms with Gasteiger partial charge in [0.1, 0.15) is 17.8 Å². The van der Waals surface area contributed by atoms with E-state index in [9.17, 15) is 4.79 Å². The molecule has 2 aromatic carbocycles. The number of carbonyl (C=O) groups is 1. The number of nitrogens with zero attached hydrogens (tertiary/aromatic N) is 5. The normalized spacial score (nSPS) is 12.2. The first kappa shape index (κ1) is 24.2. The third kappa shape index (κ3) is 4.35. The number of halogens is 1. The summed E-state index contributed by atoms with van der Waals surface area (Å²) < 4.78 is 23.4. The fraction of sp³-hybridized carbons (Fsp3) is 0.138. The van der Waals surface area contributed by atoms with Crippen molar-refractivity contribution in [1.29, 1.82) is 0 Å². The van der Waals surface area contributed by atoms with Gasteiger partial charge in [-0.15, -0.1) is 0 Å². The maximum Gasteiger partial charge on any atom is 0.322 e. The monoisotopic (exact) mass is 521 g/mol. The molecule has 0 unspecified atom stereocenters. The minimum atomic E-state index is -0.531. The molecule has 10 heteroatoms. The first-order chi connectivity index (χ1) is 18.9. The quantitative estimate of drug-likeness (QED) is 0.297. The molecule has 0 aliphatic carbocycles. The van der Waals surface area contributed by atoms with Crippen LogP contribution in [0.4, 0.5) is 15.9 Å². The van der Waals surface area contributed by atoms with Gasteiger partial charge >= 0.3 is 6.01 Å². The second-order valence-corrected chi connectivity index (χ2v) is 9.17. The van der Waals surface area contributed by atoms with Crippen LogP contribution in [0.15, 0.2) is 67.6 Å². The lowest BCUT2D eigenvalue weighted by Gasteiger charge is -2.18. The highest BCUT2D eigenvalue weighted by molar-refractivity contribution is 6.09. The minimum absolute atomic E-state index is 0.0560. The predicted molar refractivity (Wildman–Crippen MR) is 147 cm³/mol. The summed E-state index contributed by atoms with van der Waals surface area (Å²) in [5.74, 6) is -0.0809. The fourth-order valence-corrected chi connectivity index (χ4v) is 4.89. The van der Waals surface area contributed by atoms with Crippen molar-refractivity contribution in [2.24, 2.45) is 7.05 Å². The number of ether oxygens (including phenoxy) is 1. The molecule has 0 fully saturated rings. The Morgan fingerprint density at radius 3 is 2.77 bits per heavy atom. The third-order valence-electron chi connectivity index (χ3n) is 6.67. The smallest absolute Gasteiger partial charge is 0.322 e. The highest BCUT2D eigenvalue weighted by Gasteiger charge is 2.27. The summed E-state index contributed by atoms with van der Waals surface area (Å²) in [6, 6.07) is 12.5. The molecule has 194 valence electrons. The van der Waals surface area contributed by atoms with E-state index in [1.807, 2.05) is 42.8 Å². The zero-order chi connectivity index (χ0) is 27.1. The number of carbonyl (C=O) groups excluding carboxylic acids is 1. The van der Waals surface area contributed by atoms with E-state index in [1.165, 1.54) is 18.5 Å². The van der Waals surface area contributed by atoms with Crippen molar-refractivity contribution in [3.63, 3.8) is 0 Å². The van der Waals surface area contributed by atoms with Crippen LogP contribution in [0.2, 0.25) is 0 Å². The number of amides is 1. The van der Waals surface area contributed by atoms with E-state index in [1.54, 1.807) is 18.3 Å². The van der Waals surface area contributed by atoms with E-state index < -0.39 is 5.82 Å². The first-order valence-electron chi connectivity index (χ1n) is 12.3. The van der Waals surface area contributed by atoms with Crippen molar-refractivity contribution >= 4 is 28.4 Å². The van der Waals surface area contributed by atoms with Crippen molar-refractivity contribution in [3.05, 3.63) is 84.7 Å². The summed E-state index contributed by atoms with van der Waals surface area (Å²) in [5, 5.41) is 6.97. The number of aromatic nitrogens is 5. The van der Waals surface area contributed by atoms with Crippen molar-refractivity contribution < 1.29 is 13.9 Å². The van der Waals surface area contributed by atoms with E-state index in [0.29, 0.717) is 30.1 Å². The third-order valence-corrected chi connectivity index (χ3v) is 6.67. The number of fused-ring (bicyclic) bond motifs is 2. The van der Waals surface area contributed by atoms with Crippen molar-refractivity contribution in [2.45, 2.75) is 13.3 Å². The minimum Gasteiger partial charge on any atom is -0.421 e. The van der Waals surface area contributed by atoms with Crippen molar-refractivity contribution in [2.75, 3.05) is 17.2 Å². The van der Waals surface area contributed by atoms with Crippen molar-refractivity contribution in [3.8, 4) is 34.1 Å². The molecule has 0 saturated heterocycles. The molecule has 3 aromatic heterocycles. The molecule has 1 aliphatic heterocycles. The summed E-state index contributed by atoms with van der Waals surface area (Å²) in [7, 11) is 1.92. The zero-order valence-electron chi connectivity index (χ0n) is 21.3. The Hall–Kier alpha value is -5.12. The van der Waals surface area contributed by atoms with Crippen LogP contribution in [0.1, 0.15) is 11.3 Å². The number of nitrogens with one attached hydrogen (secondary N) is 2. The van der Waals surface area contributed by atoms with E-state index >= 15 is 4.39 Å². The molecule has 0 radical (unpaired) electrons. The standard InChI is InChI=1S/C29H24FN7O2/c1-4-23(38)36-19-7-5-17(6-8-19)26-24-20-14-21(30)22(39-29-32-11-9-16(2)35-29)13-18(20)10-12-31-27-25(24)28(37(26)3)34-15-33-27/h4-9,11,13-15H,1,10,12H2,2-3H3,(H,36,38)(H,31,33,34). The second-order valence-electron chi connectivity index (χ2n) is 9.17. The maximum absolute atomic E-state index is 15.6. The van der Waals surface area contributed by atoms with Gasteiger partial charge in [-0.25, -0.2) is 24.3 Å². The fourth-order valence-electron chi connectivity index (χ4n) is 4.89. The molecule has 0 spiro atoms. The van der Waals surface area contributed by atoms with Gasteiger partial charge in [0.05, 0.1) is 11.1 Å². The molecule has 9 nitrogen and oxygen atoms in total. The van der Waals surface area contributed by atoms with Crippen LogP contribution in [0.5, 0.6) is 11.8 Å². The summed E-state index contributed by atoms with van der Waals surface area (Å²) in [6.07, 6.45) is 4.92. The molecule has 1 amide bonds. The Kier molecular flexibility index (Phi) is 5.99. The van der Waals surface area contributed by atoms with Gasteiger partial charge in [0.15, 0.2) is 11.6 Å². The summed E-state index contributed by atoms with van der Waals surface area (Å²) in [5.41, 5.74) is 6.21. The van der Waals surface area contributed by atoms with Gasteiger partial charge in [0.2, 0.25) is 5.91 Å². The number of hydrogen-bond acceptors (Lipinski definition) is 7. The highest BCUT2D eigenvalue weighted by atomic mass is 19.1. The van der Waals surface area contributed by atoms with E-state index in [2.05, 4.69) is 37.1 Å². The largest absolute Gasteiger partial charge is 0.421 e. The Morgan fingerprint density at radius 2 is 2.00 bits per heavy atom. The predicted octanol–water partition coefficient (Wildman–Crippen LogP) is 5.42. The Labute approximate surface area is 223 Å². The molecule has 4 heterocycles. The van der Waals surface area contributed by atoms with Crippen LogP contribution < -0.4 is 15.4 Å². The van der Waals surface area contributed by atoms with Gasteiger partial charge in [-0.05, 0) is 66.4 Å². The lowest BCUT2D eigenvalue weighted by Crippen LogP contribution is -2.11. The molecule has 0 atom stereocenters. The van der Waals surface area contributed by atoms with E-state index in [-0.39, 0.29) is 17.7 Å². The van der Waals surface area contributed by atoms with Crippen molar-refractivity contribution in [1.82, 2.24) is 24.5 Å². The van der Waals surface area contributed by atoms with Crippen LogP contribution in [-0.4, -0.2) is 37.0 Å². The number of anilines is 2. The number of hydrogen-bond donors (Lipinski definition) is 2. The van der Waals surface area contributed by atoms with Crippen LogP contribution in [0, 0.1) is 12.7 Å². The Bertz CT molecular complexity index is 1760. The molecule has 39 heavy (non-hydrogen) atoms. The first-order valence-corrected chi connectivity index (χ1v) is 12.3.